The number of nitrogens with zero attached hydrogens (tertiary/aromatic N) is 1. The Bertz CT molecular complexity index is 492. The first kappa shape index (κ1) is 11.7. The van der Waals surface area contributed by atoms with Gasteiger partial charge in [-0.25, -0.2) is 0 Å². The van der Waals surface area contributed by atoms with Crippen molar-refractivity contribution in [3.63, 3.8) is 0 Å². The Hall–Kier alpha value is -1.42. The SMILES string of the molecule is Cc1cc([N+](=O)[O-])ccc1C1(O)C2CCC1CC2. The molecule has 18 heavy (non-hydrogen) atoms. The molecule has 1 aromatic carbocycles. The van der Waals surface area contributed by atoms with E-state index in [1.165, 1.54) is 6.07 Å². The highest BCUT2D eigenvalue weighted by Crippen LogP contribution is 2.58. The van der Waals surface area contributed by atoms with Crippen molar-refractivity contribution in [2.24, 2.45) is 11.8 Å². The standard InChI is InChI=1S/C14H17NO3/c1-9-8-12(15(17)18)6-7-13(9)14(16)10-2-3-11(14)5-4-10/h6-8,10-11,16H,2-5H2,1H3. The van der Waals surface area contributed by atoms with Gasteiger partial charge in [-0.05, 0) is 61.6 Å². The van der Waals surface area contributed by atoms with E-state index < -0.39 is 5.60 Å². The van der Waals surface area contributed by atoms with Crippen LogP contribution in [-0.2, 0) is 5.60 Å². The number of hydrogen-bond donors (Lipinski definition) is 1. The molecule has 3 rings (SSSR count). The molecule has 0 unspecified atom stereocenters. The smallest absolute Gasteiger partial charge is 0.269 e. The van der Waals surface area contributed by atoms with Crippen LogP contribution in [0, 0.1) is 28.9 Å². The fourth-order valence-corrected chi connectivity index (χ4v) is 3.96. The number of nitro benzene ring substituents is 1. The number of rotatable bonds is 2. The average molecular weight is 247 g/mol. The molecule has 2 saturated carbocycles. The van der Waals surface area contributed by atoms with Gasteiger partial charge in [-0.3, -0.25) is 10.1 Å². The Morgan fingerprint density at radius 2 is 1.83 bits per heavy atom. The monoisotopic (exact) mass is 247 g/mol. The largest absolute Gasteiger partial charge is 0.385 e. The van der Waals surface area contributed by atoms with Gasteiger partial charge in [-0.2, -0.15) is 0 Å². The van der Waals surface area contributed by atoms with Crippen molar-refractivity contribution in [3.8, 4) is 0 Å². The molecule has 2 aliphatic carbocycles. The second-order valence-electron chi connectivity index (χ2n) is 5.63. The van der Waals surface area contributed by atoms with E-state index in [2.05, 4.69) is 0 Å². The highest BCUT2D eigenvalue weighted by molar-refractivity contribution is 5.43. The van der Waals surface area contributed by atoms with Crippen LogP contribution in [-0.4, -0.2) is 10.0 Å². The minimum Gasteiger partial charge on any atom is -0.385 e. The first-order chi connectivity index (χ1) is 8.53. The van der Waals surface area contributed by atoms with Gasteiger partial charge < -0.3 is 5.11 Å². The van der Waals surface area contributed by atoms with E-state index in [0.29, 0.717) is 11.8 Å². The summed E-state index contributed by atoms with van der Waals surface area (Å²) in [5.74, 6) is 0.672. The summed E-state index contributed by atoms with van der Waals surface area (Å²) >= 11 is 0. The molecule has 96 valence electrons. The summed E-state index contributed by atoms with van der Waals surface area (Å²) in [7, 11) is 0. The minimum atomic E-state index is -0.737. The number of aliphatic hydroxyl groups is 1. The normalized spacial score (nSPS) is 33.9. The number of non-ortho nitro benzene ring substituents is 1. The molecule has 1 N–H and O–H groups in total. The highest BCUT2D eigenvalue weighted by atomic mass is 16.6. The van der Waals surface area contributed by atoms with E-state index in [4.69, 9.17) is 0 Å². The second-order valence-corrected chi connectivity index (χ2v) is 5.63. The van der Waals surface area contributed by atoms with Crippen LogP contribution >= 0.6 is 0 Å². The fourth-order valence-electron chi connectivity index (χ4n) is 3.96. The van der Waals surface area contributed by atoms with Gasteiger partial charge in [0.2, 0.25) is 0 Å². The Kier molecular flexibility index (Phi) is 2.45. The molecule has 1 aromatic rings. The molecule has 0 radical (unpaired) electrons. The molecule has 0 atom stereocenters. The molecular formula is C14H17NO3. The van der Waals surface area contributed by atoms with Crippen LogP contribution in [0.1, 0.15) is 36.8 Å². The zero-order valence-corrected chi connectivity index (χ0v) is 10.4. The lowest BCUT2D eigenvalue weighted by Crippen LogP contribution is -2.31. The average Bonchev–Trinajstić information content (AvgIpc) is 2.83. The van der Waals surface area contributed by atoms with Crippen LogP contribution in [0.25, 0.3) is 0 Å². The maximum Gasteiger partial charge on any atom is 0.269 e. The van der Waals surface area contributed by atoms with Gasteiger partial charge in [-0.1, -0.05) is 0 Å². The van der Waals surface area contributed by atoms with Crippen LogP contribution in [0.4, 0.5) is 5.69 Å². The van der Waals surface area contributed by atoms with Gasteiger partial charge in [0, 0.05) is 12.1 Å². The van der Waals surface area contributed by atoms with Gasteiger partial charge in [0.15, 0.2) is 0 Å². The van der Waals surface area contributed by atoms with Crippen LogP contribution in [0.15, 0.2) is 18.2 Å². The van der Waals surface area contributed by atoms with Gasteiger partial charge in [0.25, 0.3) is 5.69 Å². The minimum absolute atomic E-state index is 0.102. The maximum atomic E-state index is 11.0. The van der Waals surface area contributed by atoms with Crippen molar-refractivity contribution < 1.29 is 10.0 Å². The maximum absolute atomic E-state index is 11.0. The highest BCUT2D eigenvalue weighted by Gasteiger charge is 2.54. The predicted octanol–water partition coefficient (Wildman–Crippen LogP) is 2.91. The van der Waals surface area contributed by atoms with Crippen LogP contribution in [0.2, 0.25) is 0 Å². The fraction of sp³-hybridized carbons (Fsp3) is 0.571. The molecule has 0 amide bonds. The molecule has 0 aromatic heterocycles. The van der Waals surface area contributed by atoms with E-state index in [0.717, 1.165) is 36.8 Å². The molecule has 0 aliphatic heterocycles. The molecule has 0 heterocycles. The van der Waals surface area contributed by atoms with Crippen molar-refractivity contribution in [3.05, 3.63) is 39.4 Å². The van der Waals surface area contributed by atoms with Crippen molar-refractivity contribution in [2.45, 2.75) is 38.2 Å². The first-order valence-corrected chi connectivity index (χ1v) is 6.51. The Balaban J connectivity index is 2.05. The summed E-state index contributed by atoms with van der Waals surface area (Å²) in [6.07, 6.45) is 4.32. The Morgan fingerprint density at radius 1 is 1.28 bits per heavy atom. The Morgan fingerprint density at radius 3 is 2.28 bits per heavy atom. The summed E-state index contributed by atoms with van der Waals surface area (Å²) in [5, 5.41) is 21.8. The van der Waals surface area contributed by atoms with E-state index in [-0.39, 0.29) is 10.6 Å². The van der Waals surface area contributed by atoms with Crippen molar-refractivity contribution in [1.82, 2.24) is 0 Å². The van der Waals surface area contributed by atoms with E-state index >= 15 is 0 Å². The number of nitro groups is 1. The van der Waals surface area contributed by atoms with Gasteiger partial charge in [0.1, 0.15) is 0 Å². The summed E-state index contributed by atoms with van der Waals surface area (Å²) in [6, 6.07) is 4.84. The second kappa shape index (κ2) is 3.79. The number of fused-ring (bicyclic) bond motifs is 2. The third-order valence-electron chi connectivity index (χ3n) is 4.82. The molecule has 2 fully saturated rings. The van der Waals surface area contributed by atoms with Crippen LogP contribution in [0.3, 0.4) is 0 Å². The summed E-state index contributed by atoms with van der Waals surface area (Å²) in [5.41, 5.74) is 1.10. The van der Waals surface area contributed by atoms with Crippen LogP contribution in [0.5, 0.6) is 0 Å². The summed E-state index contributed by atoms with van der Waals surface area (Å²) in [6.45, 7) is 1.86. The quantitative estimate of drug-likeness (QED) is 0.645. The lowest BCUT2D eigenvalue weighted by Gasteiger charge is -2.30. The summed E-state index contributed by atoms with van der Waals surface area (Å²) in [4.78, 5) is 10.4. The third-order valence-corrected chi connectivity index (χ3v) is 4.82. The lowest BCUT2D eigenvalue weighted by atomic mass is 9.81. The van der Waals surface area contributed by atoms with Crippen molar-refractivity contribution in [2.75, 3.05) is 0 Å². The zero-order valence-electron chi connectivity index (χ0n) is 10.4. The van der Waals surface area contributed by atoms with Gasteiger partial charge in [0.05, 0.1) is 10.5 Å². The molecular weight excluding hydrogens is 230 g/mol. The molecule has 4 heteroatoms. The lowest BCUT2D eigenvalue weighted by molar-refractivity contribution is -0.384. The van der Waals surface area contributed by atoms with E-state index in [1.807, 2.05) is 6.92 Å². The van der Waals surface area contributed by atoms with E-state index in [9.17, 15) is 15.2 Å². The van der Waals surface area contributed by atoms with Crippen molar-refractivity contribution >= 4 is 5.69 Å². The molecule has 2 bridgehead atoms. The first-order valence-electron chi connectivity index (χ1n) is 6.51. The molecule has 0 saturated heterocycles. The predicted molar refractivity (Wildman–Crippen MR) is 67.2 cm³/mol. The van der Waals surface area contributed by atoms with Crippen molar-refractivity contribution in [1.29, 1.82) is 0 Å². The molecule has 4 nitrogen and oxygen atoms in total. The Labute approximate surface area is 106 Å². The number of hydrogen-bond acceptors (Lipinski definition) is 3. The number of benzene rings is 1. The van der Waals surface area contributed by atoms with Gasteiger partial charge >= 0.3 is 0 Å². The summed E-state index contributed by atoms with van der Waals surface area (Å²) < 4.78 is 0. The van der Waals surface area contributed by atoms with Crippen LogP contribution < -0.4 is 0 Å². The topological polar surface area (TPSA) is 63.4 Å². The molecule has 0 spiro atoms. The number of aryl methyl sites for hydroxylation is 1. The third kappa shape index (κ3) is 1.42. The zero-order chi connectivity index (χ0) is 12.9. The van der Waals surface area contributed by atoms with Gasteiger partial charge in [-0.15, -0.1) is 0 Å². The van der Waals surface area contributed by atoms with E-state index in [1.54, 1.807) is 12.1 Å². The molecule has 2 aliphatic rings.